The summed E-state index contributed by atoms with van der Waals surface area (Å²) in [6.45, 7) is 0.343. The Hall–Kier alpha value is -2.91. The van der Waals surface area contributed by atoms with Crippen molar-refractivity contribution in [3.05, 3.63) is 42.2 Å². The van der Waals surface area contributed by atoms with E-state index < -0.39 is 12.1 Å². The highest BCUT2D eigenvalue weighted by Crippen LogP contribution is 2.29. The Morgan fingerprint density at radius 2 is 2.08 bits per heavy atom. The Balaban J connectivity index is 1.68. The summed E-state index contributed by atoms with van der Waals surface area (Å²) in [5.74, 6) is -1.32. The van der Waals surface area contributed by atoms with E-state index in [1.54, 1.807) is 10.9 Å². The van der Waals surface area contributed by atoms with Crippen molar-refractivity contribution in [3.63, 3.8) is 0 Å². The van der Waals surface area contributed by atoms with Crippen LogP contribution in [-0.4, -0.2) is 31.5 Å². The van der Waals surface area contributed by atoms with Gasteiger partial charge in [-0.05, 0) is 12.1 Å². The van der Waals surface area contributed by atoms with Crippen molar-refractivity contribution in [1.29, 1.82) is 0 Å². The van der Waals surface area contributed by atoms with Gasteiger partial charge in [0.15, 0.2) is 0 Å². The van der Waals surface area contributed by atoms with Crippen LogP contribution < -0.4 is 4.74 Å². The molecule has 0 aromatic carbocycles. The van der Waals surface area contributed by atoms with Crippen molar-refractivity contribution in [2.75, 3.05) is 6.61 Å². The average Bonchev–Trinajstić information content (AvgIpc) is 3.17. The van der Waals surface area contributed by atoms with Gasteiger partial charge < -0.3 is 9.26 Å². The first-order valence-electron chi connectivity index (χ1n) is 6.90. The quantitative estimate of drug-likeness (QED) is 0.711. The highest BCUT2D eigenvalue weighted by atomic mass is 19.4. The maximum atomic E-state index is 12.5. The SMILES string of the molecule is Cn1nccc1CCOc1cc(-c2noc(C(F)(F)F)n2)ccn1. The summed E-state index contributed by atoms with van der Waals surface area (Å²) in [5, 5.41) is 7.37. The molecule has 24 heavy (non-hydrogen) atoms. The second-order valence-electron chi connectivity index (χ2n) is 4.85. The lowest BCUT2D eigenvalue weighted by molar-refractivity contribution is -0.159. The molecule has 126 valence electrons. The molecule has 0 spiro atoms. The molecule has 0 fully saturated rings. The van der Waals surface area contributed by atoms with Crippen LogP contribution in [0.15, 0.2) is 35.1 Å². The summed E-state index contributed by atoms with van der Waals surface area (Å²) in [7, 11) is 1.82. The Morgan fingerprint density at radius 1 is 1.25 bits per heavy atom. The number of hydrogen-bond acceptors (Lipinski definition) is 6. The van der Waals surface area contributed by atoms with E-state index in [2.05, 4.69) is 24.7 Å². The van der Waals surface area contributed by atoms with Crippen molar-refractivity contribution in [2.24, 2.45) is 7.05 Å². The molecule has 3 aromatic heterocycles. The number of ether oxygens (including phenoxy) is 1. The van der Waals surface area contributed by atoms with Gasteiger partial charge in [-0.15, -0.1) is 0 Å². The first-order chi connectivity index (χ1) is 11.4. The van der Waals surface area contributed by atoms with Crippen LogP contribution in [0.5, 0.6) is 5.88 Å². The Morgan fingerprint density at radius 3 is 2.75 bits per heavy atom. The molecule has 0 bridgehead atoms. The molecule has 3 rings (SSSR count). The maximum absolute atomic E-state index is 12.5. The molecule has 0 aliphatic rings. The zero-order valence-corrected chi connectivity index (χ0v) is 12.5. The third kappa shape index (κ3) is 3.53. The summed E-state index contributed by atoms with van der Waals surface area (Å²) in [4.78, 5) is 7.34. The second kappa shape index (κ2) is 6.30. The highest BCUT2D eigenvalue weighted by molar-refractivity contribution is 5.55. The molecule has 0 aliphatic heterocycles. The van der Waals surface area contributed by atoms with Gasteiger partial charge in [0.05, 0.1) is 6.61 Å². The molecule has 0 saturated carbocycles. The molecule has 3 heterocycles. The normalized spacial score (nSPS) is 11.7. The summed E-state index contributed by atoms with van der Waals surface area (Å²) < 4.78 is 48.9. The monoisotopic (exact) mass is 339 g/mol. The molecule has 0 atom stereocenters. The van der Waals surface area contributed by atoms with E-state index >= 15 is 0 Å². The first kappa shape index (κ1) is 16.0. The smallest absolute Gasteiger partial charge is 0.471 e. The number of pyridine rings is 1. The number of nitrogens with zero attached hydrogens (tertiary/aromatic N) is 5. The van der Waals surface area contributed by atoms with Gasteiger partial charge in [-0.3, -0.25) is 4.68 Å². The number of aryl methyl sites for hydroxylation is 1. The molecular weight excluding hydrogens is 327 g/mol. The average molecular weight is 339 g/mol. The van der Waals surface area contributed by atoms with Crippen LogP contribution in [0.3, 0.4) is 0 Å². The van der Waals surface area contributed by atoms with Crippen molar-refractivity contribution in [2.45, 2.75) is 12.6 Å². The van der Waals surface area contributed by atoms with Crippen molar-refractivity contribution >= 4 is 0 Å². The lowest BCUT2D eigenvalue weighted by atomic mass is 10.2. The van der Waals surface area contributed by atoms with Gasteiger partial charge in [0.2, 0.25) is 11.7 Å². The largest absolute Gasteiger partial charge is 0.477 e. The zero-order valence-electron chi connectivity index (χ0n) is 12.5. The molecule has 0 aliphatic carbocycles. The molecule has 0 amide bonds. The predicted octanol–water partition coefficient (Wildman–Crippen LogP) is 2.51. The van der Waals surface area contributed by atoms with Crippen LogP contribution in [0, 0.1) is 0 Å². The fourth-order valence-electron chi connectivity index (χ4n) is 1.99. The minimum absolute atomic E-state index is 0.179. The molecule has 10 heteroatoms. The van der Waals surface area contributed by atoms with Crippen LogP contribution >= 0.6 is 0 Å². The Kier molecular flexibility index (Phi) is 4.19. The molecular formula is C14H12F3N5O2. The summed E-state index contributed by atoms with van der Waals surface area (Å²) in [6.07, 6.45) is -0.982. The molecule has 0 unspecified atom stereocenters. The highest BCUT2D eigenvalue weighted by Gasteiger charge is 2.38. The second-order valence-corrected chi connectivity index (χ2v) is 4.85. The van der Waals surface area contributed by atoms with E-state index in [9.17, 15) is 13.2 Å². The van der Waals surface area contributed by atoms with Crippen LogP contribution in [0.25, 0.3) is 11.4 Å². The van der Waals surface area contributed by atoms with Gasteiger partial charge in [0.1, 0.15) is 0 Å². The Labute approximate surface area is 134 Å². The minimum Gasteiger partial charge on any atom is -0.477 e. The third-order valence-electron chi connectivity index (χ3n) is 3.19. The minimum atomic E-state index is -4.68. The van der Waals surface area contributed by atoms with Gasteiger partial charge in [-0.1, -0.05) is 5.16 Å². The van der Waals surface area contributed by atoms with E-state index in [1.165, 1.54) is 18.3 Å². The van der Waals surface area contributed by atoms with Crippen LogP contribution in [-0.2, 0) is 19.6 Å². The van der Waals surface area contributed by atoms with Crippen molar-refractivity contribution in [3.8, 4) is 17.3 Å². The number of halogens is 3. The maximum Gasteiger partial charge on any atom is 0.471 e. The van der Waals surface area contributed by atoms with E-state index in [0.29, 0.717) is 18.6 Å². The number of aromatic nitrogens is 5. The summed E-state index contributed by atoms with van der Waals surface area (Å²) in [6, 6.07) is 4.79. The number of alkyl halides is 3. The van der Waals surface area contributed by atoms with Gasteiger partial charge in [-0.2, -0.15) is 23.3 Å². The van der Waals surface area contributed by atoms with E-state index in [1.807, 2.05) is 13.1 Å². The fraction of sp³-hybridized carbons (Fsp3) is 0.286. The molecule has 0 saturated heterocycles. The van der Waals surface area contributed by atoms with Gasteiger partial charge in [-0.25, -0.2) is 4.98 Å². The van der Waals surface area contributed by atoms with Gasteiger partial charge in [0.25, 0.3) is 0 Å². The van der Waals surface area contributed by atoms with E-state index in [0.717, 1.165) is 5.69 Å². The fourth-order valence-corrected chi connectivity index (χ4v) is 1.99. The van der Waals surface area contributed by atoms with Crippen LogP contribution in [0.2, 0.25) is 0 Å². The first-order valence-corrected chi connectivity index (χ1v) is 6.90. The number of hydrogen-bond donors (Lipinski definition) is 0. The topological polar surface area (TPSA) is 78.9 Å². The molecule has 0 N–H and O–H groups in total. The zero-order chi connectivity index (χ0) is 17.2. The van der Waals surface area contributed by atoms with Gasteiger partial charge >= 0.3 is 12.1 Å². The van der Waals surface area contributed by atoms with Crippen LogP contribution in [0.1, 0.15) is 11.6 Å². The van der Waals surface area contributed by atoms with Crippen molar-refractivity contribution in [1.82, 2.24) is 24.9 Å². The summed E-state index contributed by atoms with van der Waals surface area (Å²) in [5.41, 5.74) is 1.30. The van der Waals surface area contributed by atoms with E-state index in [-0.39, 0.29) is 11.7 Å². The lowest BCUT2D eigenvalue weighted by Gasteiger charge is -2.06. The van der Waals surface area contributed by atoms with E-state index in [4.69, 9.17) is 4.74 Å². The Bertz CT molecular complexity index is 828. The number of rotatable bonds is 5. The van der Waals surface area contributed by atoms with Crippen LogP contribution in [0.4, 0.5) is 13.2 Å². The van der Waals surface area contributed by atoms with Gasteiger partial charge in [0, 0.05) is 43.2 Å². The molecule has 3 aromatic rings. The summed E-state index contributed by atoms with van der Waals surface area (Å²) >= 11 is 0. The lowest BCUT2D eigenvalue weighted by Crippen LogP contribution is -2.06. The predicted molar refractivity (Wildman–Crippen MR) is 74.9 cm³/mol. The third-order valence-corrected chi connectivity index (χ3v) is 3.19. The van der Waals surface area contributed by atoms with Crippen molar-refractivity contribution < 1.29 is 22.4 Å². The molecule has 7 nitrogen and oxygen atoms in total. The molecule has 0 radical (unpaired) electrons. The standard InChI is InChI=1S/C14H12F3N5O2/c1-22-10(3-6-19-22)4-7-23-11-8-9(2-5-18-11)12-20-13(24-21-12)14(15,16)17/h2-3,5-6,8H,4,7H2,1H3.